The molecule has 0 radical (unpaired) electrons. The fourth-order valence-electron chi connectivity index (χ4n) is 3.14. The van der Waals surface area contributed by atoms with Crippen LogP contribution < -0.4 is 4.67 Å². The Kier molecular flexibility index (Phi) is 5.24. The summed E-state index contributed by atoms with van der Waals surface area (Å²) in [7, 11) is 0. The molecule has 0 heterocycles. The van der Waals surface area contributed by atoms with Crippen LogP contribution in [0.5, 0.6) is 0 Å². The minimum Gasteiger partial charge on any atom is -0.207 e. The van der Waals surface area contributed by atoms with Gasteiger partial charge in [-0.05, 0) is 34.4 Å². The van der Waals surface area contributed by atoms with Crippen LogP contribution in [0.1, 0.15) is 11.1 Å². The molecule has 0 saturated carbocycles. The molecule has 134 valence electrons. The van der Waals surface area contributed by atoms with Crippen LogP contribution in [0.15, 0.2) is 103 Å². The van der Waals surface area contributed by atoms with E-state index in [1.807, 2.05) is 66.9 Å². The van der Waals surface area contributed by atoms with Gasteiger partial charge in [0.25, 0.3) is 6.21 Å². The summed E-state index contributed by atoms with van der Waals surface area (Å²) in [5.74, 6) is -0.246. The molecule has 0 saturated heterocycles. The molecule has 4 aromatic rings. The van der Waals surface area contributed by atoms with Crippen molar-refractivity contribution in [3.05, 3.63) is 120 Å². The second kappa shape index (κ2) is 8.30. The lowest BCUT2D eigenvalue weighted by molar-refractivity contribution is 0.628. The molecule has 0 fully saturated rings. The molecule has 2 heteroatoms. The third kappa shape index (κ3) is 3.98. The molecule has 0 aromatic heterocycles. The van der Waals surface area contributed by atoms with Gasteiger partial charge in [0.1, 0.15) is 5.82 Å². The molecule has 0 bridgehead atoms. The van der Waals surface area contributed by atoms with Gasteiger partial charge in [0.05, 0.1) is 0 Å². The van der Waals surface area contributed by atoms with E-state index in [2.05, 4.69) is 29.1 Å². The van der Waals surface area contributed by atoms with Crippen molar-refractivity contribution in [3.8, 4) is 22.3 Å². The number of rotatable bonds is 4. The smallest absolute Gasteiger partial charge is 0.207 e. The number of hydrogen-bond acceptors (Lipinski definition) is 0. The first-order chi connectivity index (χ1) is 13.8. The van der Waals surface area contributed by atoms with Crippen LogP contribution in [-0.4, -0.2) is 12.4 Å². The van der Waals surface area contributed by atoms with E-state index in [4.69, 9.17) is 0 Å². The zero-order valence-corrected chi connectivity index (χ0v) is 15.2. The van der Waals surface area contributed by atoms with Crippen molar-refractivity contribution in [3.63, 3.8) is 0 Å². The predicted molar refractivity (Wildman–Crippen MR) is 115 cm³/mol. The van der Waals surface area contributed by atoms with E-state index in [-0.39, 0.29) is 5.82 Å². The number of benzene rings is 4. The summed E-state index contributed by atoms with van der Waals surface area (Å²) in [6, 6.07) is 32.7. The molecule has 1 nitrogen and oxygen atoms in total. The largest absolute Gasteiger partial charge is 0.290 e. The summed E-state index contributed by atoms with van der Waals surface area (Å²) in [5, 5.41) is 0. The van der Waals surface area contributed by atoms with Crippen molar-refractivity contribution >= 4 is 12.4 Å². The Bertz CT molecular complexity index is 1120. The van der Waals surface area contributed by atoms with Crippen molar-refractivity contribution in [2.75, 3.05) is 0 Å². The van der Waals surface area contributed by atoms with Gasteiger partial charge in [-0.2, -0.15) is 4.67 Å². The van der Waals surface area contributed by atoms with Crippen LogP contribution in [-0.2, 0) is 0 Å². The molecular formula is C26H18FN. The maximum atomic E-state index is 13.4. The first-order valence-corrected chi connectivity index (χ1v) is 9.10. The number of hydrogen-bond donors (Lipinski definition) is 0. The normalized spacial score (nSPS) is 10.2. The van der Waals surface area contributed by atoms with Gasteiger partial charge in [-0.1, -0.05) is 72.3 Å². The van der Waals surface area contributed by atoms with Gasteiger partial charge in [-0.25, -0.2) is 4.39 Å². The van der Waals surface area contributed by atoms with Gasteiger partial charge >= 0.3 is 0 Å². The molecule has 0 atom stereocenters. The Balaban J connectivity index is 1.87. The first kappa shape index (κ1) is 17.7. The second-order valence-electron chi connectivity index (χ2n) is 6.38. The molecular weight excluding hydrogens is 345 g/mol. The van der Waals surface area contributed by atoms with Gasteiger partial charge in [0.15, 0.2) is 0 Å². The quantitative estimate of drug-likeness (QED) is 0.253. The Morgan fingerprint density at radius 1 is 0.607 bits per heavy atom. The SMILES string of the molecule is Fc1ccc(-c2cccc(-c3ccccc3)c2C=[N+]=[C-]c2ccccc2)cc1. The molecule has 0 amide bonds. The van der Waals surface area contributed by atoms with E-state index in [9.17, 15) is 4.39 Å². The Morgan fingerprint density at radius 3 is 1.82 bits per heavy atom. The van der Waals surface area contributed by atoms with Crippen LogP contribution in [0.25, 0.3) is 22.3 Å². The summed E-state index contributed by atoms with van der Waals surface area (Å²) < 4.78 is 17.9. The van der Waals surface area contributed by atoms with Crippen molar-refractivity contribution in [2.24, 2.45) is 0 Å². The van der Waals surface area contributed by atoms with Gasteiger partial charge in [-0.15, -0.1) is 24.3 Å². The highest BCUT2D eigenvalue weighted by molar-refractivity contribution is 5.99. The molecule has 28 heavy (non-hydrogen) atoms. The highest BCUT2D eigenvalue weighted by atomic mass is 19.1. The lowest BCUT2D eigenvalue weighted by atomic mass is 9.92. The Labute approximate surface area is 164 Å². The highest BCUT2D eigenvalue weighted by Gasteiger charge is 2.11. The van der Waals surface area contributed by atoms with Crippen LogP contribution in [0.2, 0.25) is 0 Å². The molecule has 0 aliphatic rings. The van der Waals surface area contributed by atoms with Crippen LogP contribution in [0.3, 0.4) is 0 Å². The van der Waals surface area contributed by atoms with Crippen LogP contribution in [0, 0.1) is 5.82 Å². The lowest BCUT2D eigenvalue weighted by Crippen LogP contribution is -1.96. The van der Waals surface area contributed by atoms with Gasteiger partial charge in [0.2, 0.25) is 6.21 Å². The van der Waals surface area contributed by atoms with E-state index >= 15 is 0 Å². The molecule has 0 spiro atoms. The fourth-order valence-corrected chi connectivity index (χ4v) is 3.14. The number of halogens is 1. The summed E-state index contributed by atoms with van der Waals surface area (Å²) in [6.45, 7) is 0. The van der Waals surface area contributed by atoms with E-state index in [0.717, 1.165) is 33.4 Å². The van der Waals surface area contributed by atoms with E-state index < -0.39 is 0 Å². The zero-order valence-electron chi connectivity index (χ0n) is 15.2. The van der Waals surface area contributed by atoms with Crippen molar-refractivity contribution in [1.29, 1.82) is 0 Å². The van der Waals surface area contributed by atoms with Crippen molar-refractivity contribution in [2.45, 2.75) is 0 Å². The maximum absolute atomic E-state index is 13.4. The van der Waals surface area contributed by atoms with Gasteiger partial charge < -0.3 is 0 Å². The van der Waals surface area contributed by atoms with Gasteiger partial charge in [-0.3, -0.25) is 0 Å². The summed E-state index contributed by atoms with van der Waals surface area (Å²) >= 11 is 0. The summed E-state index contributed by atoms with van der Waals surface area (Å²) in [6.07, 6.45) is 4.90. The average molecular weight is 363 g/mol. The van der Waals surface area contributed by atoms with Crippen LogP contribution >= 0.6 is 0 Å². The molecule has 0 unspecified atom stereocenters. The third-order valence-corrected chi connectivity index (χ3v) is 4.51. The summed E-state index contributed by atoms with van der Waals surface area (Å²) in [4.78, 5) is 0. The Morgan fingerprint density at radius 2 is 1.18 bits per heavy atom. The summed E-state index contributed by atoms with van der Waals surface area (Å²) in [5.41, 5.74) is 6.01. The molecule has 0 aliphatic carbocycles. The Hall–Kier alpha value is -3.74. The predicted octanol–water partition coefficient (Wildman–Crippen LogP) is 5.64. The van der Waals surface area contributed by atoms with E-state index in [1.165, 1.54) is 12.1 Å². The molecule has 0 aliphatic heterocycles. The van der Waals surface area contributed by atoms with E-state index in [1.54, 1.807) is 12.1 Å². The third-order valence-electron chi connectivity index (χ3n) is 4.51. The average Bonchev–Trinajstić information content (AvgIpc) is 2.76. The first-order valence-electron chi connectivity index (χ1n) is 9.10. The van der Waals surface area contributed by atoms with Crippen molar-refractivity contribution < 1.29 is 4.39 Å². The fraction of sp³-hybridized carbons (Fsp3) is 0. The second-order valence-corrected chi connectivity index (χ2v) is 6.38. The van der Waals surface area contributed by atoms with Gasteiger partial charge in [0, 0.05) is 5.56 Å². The van der Waals surface area contributed by atoms with E-state index in [0.29, 0.717) is 0 Å². The molecule has 4 aromatic carbocycles. The minimum absolute atomic E-state index is 0.246. The zero-order chi connectivity index (χ0) is 19.2. The standard InChI is InChI=1S/C26H18FN/c27-23-16-14-22(15-17-23)25-13-7-12-24(21-10-5-2-6-11-21)26(25)19-28-18-20-8-3-1-4-9-20/h1-17,19H. The highest BCUT2D eigenvalue weighted by Crippen LogP contribution is 2.31. The monoisotopic (exact) mass is 363 g/mol. The topological polar surface area (TPSA) is 14.1 Å². The molecule has 4 rings (SSSR count). The maximum Gasteiger partial charge on any atom is 0.290 e. The van der Waals surface area contributed by atoms with Crippen LogP contribution in [0.4, 0.5) is 4.39 Å². The van der Waals surface area contributed by atoms with Crippen molar-refractivity contribution in [1.82, 2.24) is 4.67 Å². The number of nitrogens with zero attached hydrogens (tertiary/aromatic N) is 1. The lowest BCUT2D eigenvalue weighted by Gasteiger charge is -2.11. The minimum atomic E-state index is -0.246. The molecule has 0 N–H and O–H groups in total.